The molecule has 0 radical (unpaired) electrons. The summed E-state index contributed by atoms with van der Waals surface area (Å²) in [5.41, 5.74) is -0.546. The Balaban J connectivity index is 1.77. The van der Waals surface area contributed by atoms with Crippen molar-refractivity contribution in [3.05, 3.63) is 92.2 Å². The van der Waals surface area contributed by atoms with Crippen molar-refractivity contribution in [2.45, 2.75) is 44.2 Å². The Morgan fingerprint density at radius 1 is 1.00 bits per heavy atom. The Labute approximate surface area is 176 Å². The molecule has 0 aliphatic carbocycles. The Morgan fingerprint density at radius 3 is 2.17 bits per heavy atom. The lowest BCUT2D eigenvalue weighted by atomic mass is 9.79. The predicted molar refractivity (Wildman–Crippen MR) is 118 cm³/mol. The van der Waals surface area contributed by atoms with Crippen molar-refractivity contribution in [1.82, 2.24) is 0 Å². The molecule has 0 amide bonds. The quantitative estimate of drug-likeness (QED) is 0.460. The number of unbranched alkanes of at least 4 members (excludes halogenated alkanes) is 1. The molecule has 5 nitrogen and oxygen atoms in total. The minimum Gasteiger partial charge on any atom is -0.487 e. The number of hydrogen-bond acceptors (Lipinski definition) is 5. The van der Waals surface area contributed by atoms with Crippen molar-refractivity contribution in [2.24, 2.45) is 0 Å². The maximum absolute atomic E-state index is 12.5. The number of aliphatic hydroxyl groups is 1. The summed E-state index contributed by atoms with van der Waals surface area (Å²) in [6, 6.07) is 18.7. The Hall–Kier alpha value is -2.92. The van der Waals surface area contributed by atoms with Crippen molar-refractivity contribution >= 4 is 5.69 Å². The third-order valence-corrected chi connectivity index (χ3v) is 6.04. The molecule has 0 spiro atoms. The summed E-state index contributed by atoms with van der Waals surface area (Å²) in [6.07, 6.45) is 3.28. The standard InChI is InChI=1S/C25H27NO4/c1-2-3-17-30-24-21(22(27)23(24)28)26-16-10-15-20(26)25(29,18-11-6-4-7-12-18)19-13-8-5-9-14-19/h4-9,11-14,20,29H,2-3,10,15-17H2,1H3/t20-/m0/s1. The minimum atomic E-state index is -1.32. The van der Waals surface area contributed by atoms with Gasteiger partial charge >= 0.3 is 0 Å². The molecule has 4 rings (SSSR count). The molecule has 0 bridgehead atoms. The van der Waals surface area contributed by atoms with Crippen LogP contribution >= 0.6 is 0 Å². The molecule has 0 unspecified atom stereocenters. The summed E-state index contributed by atoms with van der Waals surface area (Å²) in [6.45, 7) is 3.05. The van der Waals surface area contributed by atoms with Gasteiger partial charge in [0.25, 0.3) is 10.9 Å². The van der Waals surface area contributed by atoms with E-state index in [2.05, 4.69) is 0 Å². The molecule has 156 valence electrons. The van der Waals surface area contributed by atoms with Crippen molar-refractivity contribution in [3.8, 4) is 5.75 Å². The van der Waals surface area contributed by atoms with Crippen LogP contribution in [0.5, 0.6) is 5.75 Å². The topological polar surface area (TPSA) is 66.8 Å². The van der Waals surface area contributed by atoms with Crippen LogP contribution in [0.3, 0.4) is 0 Å². The van der Waals surface area contributed by atoms with Gasteiger partial charge in [0.15, 0.2) is 5.75 Å². The van der Waals surface area contributed by atoms with Crippen molar-refractivity contribution in [2.75, 3.05) is 18.1 Å². The third kappa shape index (κ3) is 3.33. The first-order valence-corrected chi connectivity index (χ1v) is 10.6. The molecule has 1 N–H and O–H groups in total. The fraction of sp³-hybridized carbons (Fsp3) is 0.360. The normalized spacial score (nSPS) is 16.9. The third-order valence-electron chi connectivity index (χ3n) is 6.04. The van der Waals surface area contributed by atoms with Crippen LogP contribution in [0.15, 0.2) is 70.3 Å². The molecule has 1 aliphatic rings. The molecule has 30 heavy (non-hydrogen) atoms. The minimum absolute atomic E-state index is 0.156. The van der Waals surface area contributed by atoms with E-state index >= 15 is 0 Å². The molecule has 1 fully saturated rings. The zero-order valence-electron chi connectivity index (χ0n) is 17.2. The van der Waals surface area contributed by atoms with Crippen molar-refractivity contribution in [1.29, 1.82) is 0 Å². The van der Waals surface area contributed by atoms with Crippen molar-refractivity contribution in [3.63, 3.8) is 0 Å². The van der Waals surface area contributed by atoms with E-state index in [0.717, 1.165) is 30.4 Å². The van der Waals surface area contributed by atoms with E-state index in [-0.39, 0.29) is 11.8 Å². The highest BCUT2D eigenvalue weighted by Gasteiger charge is 2.48. The van der Waals surface area contributed by atoms with Crippen LogP contribution in [0.4, 0.5) is 5.69 Å². The molecule has 3 aromatic rings. The summed E-state index contributed by atoms with van der Waals surface area (Å²) in [7, 11) is 0. The maximum Gasteiger partial charge on any atom is 0.272 e. The summed E-state index contributed by atoms with van der Waals surface area (Å²) >= 11 is 0. The zero-order chi connectivity index (χ0) is 21.1. The Morgan fingerprint density at radius 2 is 1.60 bits per heavy atom. The fourth-order valence-corrected chi connectivity index (χ4v) is 4.48. The van der Waals surface area contributed by atoms with Crippen LogP contribution in [0.1, 0.15) is 43.7 Å². The van der Waals surface area contributed by atoms with E-state index in [4.69, 9.17) is 4.74 Å². The summed E-state index contributed by atoms with van der Waals surface area (Å²) < 4.78 is 5.68. The maximum atomic E-state index is 12.5. The molecule has 1 saturated heterocycles. The van der Waals surface area contributed by atoms with E-state index in [1.807, 2.05) is 72.5 Å². The molecule has 1 atom stereocenters. The summed E-state index contributed by atoms with van der Waals surface area (Å²) in [5, 5.41) is 12.1. The lowest BCUT2D eigenvalue weighted by molar-refractivity contribution is 0.0527. The number of rotatable bonds is 8. The average molecular weight is 405 g/mol. The number of ether oxygens (including phenoxy) is 1. The van der Waals surface area contributed by atoms with Gasteiger partial charge < -0.3 is 14.7 Å². The second-order valence-electron chi connectivity index (χ2n) is 7.89. The van der Waals surface area contributed by atoms with Crippen LogP contribution in [0.2, 0.25) is 0 Å². The first-order chi connectivity index (χ1) is 14.6. The van der Waals surface area contributed by atoms with Gasteiger partial charge in [-0.3, -0.25) is 9.59 Å². The highest BCUT2D eigenvalue weighted by atomic mass is 16.5. The highest BCUT2D eigenvalue weighted by molar-refractivity contribution is 5.66. The molecule has 5 heteroatoms. The van der Waals surface area contributed by atoms with Crippen LogP contribution < -0.4 is 20.5 Å². The second kappa shape index (κ2) is 8.44. The van der Waals surface area contributed by atoms with Crippen LogP contribution in [0, 0.1) is 0 Å². The molecule has 3 aromatic carbocycles. The van der Waals surface area contributed by atoms with Gasteiger partial charge in [-0.25, -0.2) is 0 Å². The summed E-state index contributed by atoms with van der Waals surface area (Å²) in [4.78, 5) is 26.6. The average Bonchev–Trinajstić information content (AvgIpc) is 3.28. The lowest BCUT2D eigenvalue weighted by Crippen LogP contribution is -2.52. The predicted octanol–water partition coefficient (Wildman–Crippen LogP) is 3.37. The smallest absolute Gasteiger partial charge is 0.272 e. The van der Waals surface area contributed by atoms with Gasteiger partial charge in [0, 0.05) is 6.54 Å². The molecule has 1 heterocycles. The van der Waals surface area contributed by atoms with Crippen molar-refractivity contribution < 1.29 is 9.84 Å². The molecule has 0 saturated carbocycles. The zero-order valence-corrected chi connectivity index (χ0v) is 17.2. The Bertz CT molecular complexity index is 1010. The van der Waals surface area contributed by atoms with Gasteiger partial charge in [-0.2, -0.15) is 0 Å². The van der Waals surface area contributed by atoms with Gasteiger partial charge in [0.2, 0.25) is 0 Å². The molecule has 0 aromatic heterocycles. The summed E-state index contributed by atoms with van der Waals surface area (Å²) in [5.74, 6) is 0.156. The van der Waals surface area contributed by atoms with Gasteiger partial charge in [0.1, 0.15) is 11.3 Å². The van der Waals surface area contributed by atoms with E-state index in [0.29, 0.717) is 25.3 Å². The number of nitrogens with zero attached hydrogens (tertiary/aromatic N) is 1. The SMILES string of the molecule is CCCCOc1c(N2CCC[C@H]2C(O)(c2ccccc2)c2ccccc2)c(=O)c1=O. The van der Waals surface area contributed by atoms with Gasteiger partial charge in [-0.05, 0) is 30.4 Å². The highest BCUT2D eigenvalue weighted by Crippen LogP contribution is 2.43. The first-order valence-electron chi connectivity index (χ1n) is 10.6. The first kappa shape index (κ1) is 20.4. The number of benzene rings is 2. The van der Waals surface area contributed by atoms with Gasteiger partial charge in [-0.15, -0.1) is 0 Å². The molecular weight excluding hydrogens is 378 g/mol. The molecular formula is C25H27NO4. The van der Waals surface area contributed by atoms with Crippen LogP contribution in [-0.4, -0.2) is 24.3 Å². The largest absolute Gasteiger partial charge is 0.487 e. The molecule has 1 aliphatic heterocycles. The van der Waals surface area contributed by atoms with Gasteiger partial charge in [0.05, 0.1) is 12.6 Å². The fourth-order valence-electron chi connectivity index (χ4n) is 4.48. The van der Waals surface area contributed by atoms with Crippen LogP contribution in [-0.2, 0) is 5.60 Å². The van der Waals surface area contributed by atoms with Gasteiger partial charge in [-0.1, -0.05) is 74.0 Å². The monoisotopic (exact) mass is 405 g/mol. The van der Waals surface area contributed by atoms with E-state index < -0.39 is 16.5 Å². The second-order valence-corrected chi connectivity index (χ2v) is 7.89. The number of anilines is 1. The van der Waals surface area contributed by atoms with E-state index in [1.54, 1.807) is 0 Å². The van der Waals surface area contributed by atoms with Crippen LogP contribution in [0.25, 0.3) is 0 Å². The lowest BCUT2D eigenvalue weighted by Gasteiger charge is -2.41. The Kier molecular flexibility index (Phi) is 5.73. The van der Waals surface area contributed by atoms with E-state index in [9.17, 15) is 14.7 Å². The number of hydrogen-bond donors (Lipinski definition) is 1. The van der Waals surface area contributed by atoms with E-state index in [1.165, 1.54) is 0 Å².